The highest BCUT2D eigenvalue weighted by Gasteiger charge is 2.24. The Hall–Kier alpha value is -2.77. The van der Waals surface area contributed by atoms with Crippen molar-refractivity contribution in [3.63, 3.8) is 0 Å². The van der Waals surface area contributed by atoms with Crippen molar-refractivity contribution >= 4 is 11.8 Å². The van der Waals surface area contributed by atoms with Gasteiger partial charge in [0.2, 0.25) is 17.6 Å². The molecular formula is C16H20N6O2. The summed E-state index contributed by atoms with van der Waals surface area (Å²) in [7, 11) is 0. The molecule has 1 aliphatic heterocycles. The van der Waals surface area contributed by atoms with E-state index in [4.69, 9.17) is 0 Å². The first kappa shape index (κ1) is 16.1. The van der Waals surface area contributed by atoms with E-state index in [1.54, 1.807) is 4.90 Å². The lowest BCUT2D eigenvalue weighted by atomic mass is 10.1. The number of aromatic nitrogens is 4. The number of nitrogens with one attached hydrogen (secondary N) is 1. The number of carbonyl (C=O) groups excluding carboxylic acids is 2. The monoisotopic (exact) mass is 328 g/mol. The summed E-state index contributed by atoms with van der Waals surface area (Å²) in [5.74, 6) is 0.361. The maximum absolute atomic E-state index is 12.4. The molecule has 0 spiro atoms. The van der Waals surface area contributed by atoms with Gasteiger partial charge in [-0.2, -0.15) is 4.80 Å². The Kier molecular flexibility index (Phi) is 4.83. The molecule has 2 heterocycles. The van der Waals surface area contributed by atoms with Crippen molar-refractivity contribution in [1.82, 2.24) is 30.4 Å². The summed E-state index contributed by atoms with van der Waals surface area (Å²) < 4.78 is 0. The molecule has 8 nitrogen and oxygen atoms in total. The molecule has 1 aromatic carbocycles. The minimum Gasteiger partial charge on any atom is -0.352 e. The maximum Gasteiger partial charge on any atom is 0.246 e. The number of hydrogen-bond donors (Lipinski definition) is 1. The molecule has 8 heteroatoms. The highest BCUT2D eigenvalue weighted by Crippen LogP contribution is 2.13. The van der Waals surface area contributed by atoms with Crippen LogP contribution in [0.4, 0.5) is 0 Å². The Morgan fingerprint density at radius 2 is 2.08 bits per heavy atom. The van der Waals surface area contributed by atoms with Crippen LogP contribution in [0, 0.1) is 0 Å². The van der Waals surface area contributed by atoms with Gasteiger partial charge in [0, 0.05) is 31.6 Å². The van der Waals surface area contributed by atoms with Crippen LogP contribution in [0.1, 0.15) is 19.8 Å². The first-order valence-corrected chi connectivity index (χ1v) is 8.00. The largest absolute Gasteiger partial charge is 0.352 e. The third kappa shape index (κ3) is 3.95. The van der Waals surface area contributed by atoms with E-state index in [1.165, 1.54) is 11.7 Å². The highest BCUT2D eigenvalue weighted by atomic mass is 16.2. The molecule has 1 aromatic heterocycles. The second-order valence-electron chi connectivity index (χ2n) is 5.89. The second kappa shape index (κ2) is 7.20. The first-order chi connectivity index (χ1) is 11.6. The summed E-state index contributed by atoms with van der Waals surface area (Å²) in [5.41, 5.74) is 0.861. The topological polar surface area (TPSA) is 93.0 Å². The quantitative estimate of drug-likeness (QED) is 0.880. The summed E-state index contributed by atoms with van der Waals surface area (Å²) in [4.78, 5) is 26.7. The third-order valence-corrected chi connectivity index (χ3v) is 3.94. The predicted octanol–water partition coefficient (Wildman–Crippen LogP) is 0.467. The number of amides is 2. The molecule has 1 fully saturated rings. The number of rotatable bonds is 4. The average molecular weight is 328 g/mol. The van der Waals surface area contributed by atoms with Gasteiger partial charge in [-0.05, 0) is 18.1 Å². The molecule has 2 aromatic rings. The fourth-order valence-corrected chi connectivity index (χ4v) is 2.84. The molecule has 2 amide bonds. The van der Waals surface area contributed by atoms with Gasteiger partial charge in [0.05, 0.1) is 0 Å². The molecule has 1 saturated heterocycles. The van der Waals surface area contributed by atoms with Crippen LogP contribution in [0.2, 0.25) is 0 Å². The SMILES string of the molecule is CC(=O)NC1CCCN(C(=O)Cn2nnc(-c3ccccc3)n2)C1. The van der Waals surface area contributed by atoms with Gasteiger partial charge in [0.25, 0.3) is 0 Å². The minimum atomic E-state index is -0.0697. The van der Waals surface area contributed by atoms with Crippen molar-refractivity contribution in [2.75, 3.05) is 13.1 Å². The summed E-state index contributed by atoms with van der Waals surface area (Å²) in [5, 5.41) is 15.1. The van der Waals surface area contributed by atoms with Gasteiger partial charge >= 0.3 is 0 Å². The molecule has 1 atom stereocenters. The zero-order valence-electron chi connectivity index (χ0n) is 13.6. The number of carbonyl (C=O) groups is 2. The van der Waals surface area contributed by atoms with Gasteiger partial charge < -0.3 is 10.2 Å². The molecule has 0 radical (unpaired) electrons. The van der Waals surface area contributed by atoms with Crippen LogP contribution in [0.5, 0.6) is 0 Å². The Balaban J connectivity index is 1.61. The number of piperidine rings is 1. The summed E-state index contributed by atoms with van der Waals surface area (Å²) in [6.45, 7) is 2.76. The molecule has 1 aliphatic rings. The number of hydrogen-bond acceptors (Lipinski definition) is 5. The zero-order chi connectivity index (χ0) is 16.9. The summed E-state index contributed by atoms with van der Waals surface area (Å²) >= 11 is 0. The van der Waals surface area contributed by atoms with Crippen molar-refractivity contribution < 1.29 is 9.59 Å². The van der Waals surface area contributed by atoms with E-state index in [9.17, 15) is 9.59 Å². The van der Waals surface area contributed by atoms with E-state index in [1.807, 2.05) is 30.3 Å². The average Bonchev–Trinajstić information content (AvgIpc) is 3.04. The molecule has 126 valence electrons. The van der Waals surface area contributed by atoms with E-state index in [0.717, 1.165) is 18.4 Å². The second-order valence-corrected chi connectivity index (χ2v) is 5.89. The Bertz CT molecular complexity index is 714. The Morgan fingerprint density at radius 3 is 2.83 bits per heavy atom. The lowest BCUT2D eigenvalue weighted by Gasteiger charge is -2.32. The van der Waals surface area contributed by atoms with Crippen molar-refractivity contribution in [2.24, 2.45) is 0 Å². The molecule has 24 heavy (non-hydrogen) atoms. The lowest BCUT2D eigenvalue weighted by Crippen LogP contribution is -2.50. The van der Waals surface area contributed by atoms with Crippen LogP contribution in [0.3, 0.4) is 0 Å². The van der Waals surface area contributed by atoms with Crippen LogP contribution in [0.15, 0.2) is 30.3 Å². The van der Waals surface area contributed by atoms with Crippen molar-refractivity contribution in [2.45, 2.75) is 32.4 Å². The smallest absolute Gasteiger partial charge is 0.246 e. The molecule has 0 bridgehead atoms. The zero-order valence-corrected chi connectivity index (χ0v) is 13.6. The number of nitrogens with zero attached hydrogens (tertiary/aromatic N) is 5. The standard InChI is InChI=1S/C16H20N6O2/c1-12(23)17-14-8-5-9-21(10-14)15(24)11-22-19-16(18-20-22)13-6-3-2-4-7-13/h2-4,6-7,14H,5,8-11H2,1H3,(H,17,23). The molecule has 3 rings (SSSR count). The first-order valence-electron chi connectivity index (χ1n) is 8.00. The van der Waals surface area contributed by atoms with E-state index in [2.05, 4.69) is 20.7 Å². The maximum atomic E-state index is 12.4. The van der Waals surface area contributed by atoms with E-state index in [0.29, 0.717) is 18.9 Å². The lowest BCUT2D eigenvalue weighted by molar-refractivity contribution is -0.134. The molecule has 0 saturated carbocycles. The minimum absolute atomic E-state index is 0.0174. The van der Waals surface area contributed by atoms with E-state index < -0.39 is 0 Å². The number of likely N-dealkylation sites (tertiary alicyclic amines) is 1. The van der Waals surface area contributed by atoms with Crippen LogP contribution in [0.25, 0.3) is 11.4 Å². The van der Waals surface area contributed by atoms with Crippen LogP contribution in [-0.2, 0) is 16.1 Å². The fraction of sp³-hybridized carbons (Fsp3) is 0.438. The van der Waals surface area contributed by atoms with Gasteiger partial charge in [-0.15, -0.1) is 10.2 Å². The highest BCUT2D eigenvalue weighted by molar-refractivity contribution is 5.76. The third-order valence-electron chi connectivity index (χ3n) is 3.94. The molecular weight excluding hydrogens is 308 g/mol. The van der Waals surface area contributed by atoms with E-state index >= 15 is 0 Å². The van der Waals surface area contributed by atoms with E-state index in [-0.39, 0.29) is 24.4 Å². The van der Waals surface area contributed by atoms with Crippen molar-refractivity contribution in [3.05, 3.63) is 30.3 Å². The van der Waals surface area contributed by atoms with Gasteiger partial charge in [0.15, 0.2) is 0 Å². The predicted molar refractivity (Wildman–Crippen MR) is 86.7 cm³/mol. The van der Waals surface area contributed by atoms with Crippen LogP contribution in [-0.4, -0.2) is 56.1 Å². The Morgan fingerprint density at radius 1 is 1.29 bits per heavy atom. The number of tetrazole rings is 1. The normalized spacial score (nSPS) is 17.5. The van der Waals surface area contributed by atoms with Crippen LogP contribution >= 0.6 is 0 Å². The van der Waals surface area contributed by atoms with Crippen molar-refractivity contribution in [1.29, 1.82) is 0 Å². The summed E-state index contributed by atoms with van der Waals surface area (Å²) in [6.07, 6.45) is 1.76. The van der Waals surface area contributed by atoms with Crippen molar-refractivity contribution in [3.8, 4) is 11.4 Å². The van der Waals surface area contributed by atoms with Gasteiger partial charge in [-0.3, -0.25) is 9.59 Å². The Labute approximate surface area is 139 Å². The molecule has 1 N–H and O–H groups in total. The fourth-order valence-electron chi connectivity index (χ4n) is 2.84. The molecule has 1 unspecified atom stereocenters. The van der Waals surface area contributed by atoms with Crippen LogP contribution < -0.4 is 5.32 Å². The number of benzene rings is 1. The van der Waals surface area contributed by atoms with Gasteiger partial charge in [-0.1, -0.05) is 30.3 Å². The van der Waals surface area contributed by atoms with Gasteiger partial charge in [0.1, 0.15) is 6.54 Å². The summed E-state index contributed by atoms with van der Waals surface area (Å²) in [6, 6.07) is 9.52. The van der Waals surface area contributed by atoms with Gasteiger partial charge in [-0.25, -0.2) is 0 Å². The molecule has 0 aliphatic carbocycles.